The molecule has 7 aromatic rings. The second kappa shape index (κ2) is 13.6. The topological polar surface area (TPSA) is 0 Å². The predicted octanol–water partition coefficient (Wildman–Crippen LogP) is 13.6. The molecule has 2 aliphatic carbocycles. The average molecular weight is 811 g/mol. The Balaban J connectivity index is 0.00000210. The molecular formula is C48H44Cl2SiZr. The van der Waals surface area contributed by atoms with Crippen molar-refractivity contribution in [3.05, 3.63) is 185 Å². The molecule has 0 spiro atoms. The van der Waals surface area contributed by atoms with Crippen molar-refractivity contribution in [1.82, 2.24) is 0 Å². The Hall–Kier alpha value is -3.78. The summed E-state index contributed by atoms with van der Waals surface area (Å²) in [6.07, 6.45) is 5.15. The second-order valence-corrected chi connectivity index (χ2v) is 46.2. The molecule has 0 bridgehead atoms. The Kier molecular flexibility index (Phi) is 9.54. The number of halogens is 2. The minimum atomic E-state index is -3.96. The molecular weight excluding hydrogens is 767 g/mol. The molecule has 0 saturated heterocycles. The van der Waals surface area contributed by atoms with Gasteiger partial charge in [-0.05, 0) is 0 Å². The normalized spacial score (nSPS) is 16.4. The second-order valence-electron chi connectivity index (χ2n) is 15.8. The van der Waals surface area contributed by atoms with Crippen molar-refractivity contribution in [1.29, 1.82) is 0 Å². The summed E-state index contributed by atoms with van der Waals surface area (Å²) in [6.45, 7) is 7.22. The van der Waals surface area contributed by atoms with Crippen molar-refractivity contribution in [2.75, 3.05) is 0 Å². The fourth-order valence-electron chi connectivity index (χ4n) is 9.90. The summed E-state index contributed by atoms with van der Waals surface area (Å²) in [7, 11) is 0. The van der Waals surface area contributed by atoms with E-state index in [4.69, 9.17) is 0 Å². The first-order chi connectivity index (χ1) is 24.2. The molecule has 0 radical (unpaired) electrons. The maximum Gasteiger partial charge on any atom is -0.147 e. The van der Waals surface area contributed by atoms with Crippen LogP contribution in [0.2, 0.25) is 9.26 Å². The predicted molar refractivity (Wildman–Crippen MR) is 232 cm³/mol. The van der Waals surface area contributed by atoms with E-state index in [2.05, 4.69) is 188 Å². The number of fused-ring (bicyclic) bond motifs is 5. The molecule has 9 rings (SSSR count). The zero-order valence-electron chi connectivity index (χ0n) is 30.2. The van der Waals surface area contributed by atoms with Gasteiger partial charge in [-0.3, -0.25) is 0 Å². The van der Waals surface area contributed by atoms with Crippen LogP contribution < -0.4 is 0 Å². The number of aryl methyl sites for hydroxylation is 1. The fourth-order valence-corrected chi connectivity index (χ4v) is 29.8. The van der Waals surface area contributed by atoms with Crippen LogP contribution >= 0.6 is 24.8 Å². The Labute approximate surface area is 323 Å². The van der Waals surface area contributed by atoms with Gasteiger partial charge in [-0.2, -0.15) is 0 Å². The molecule has 4 heteroatoms. The number of hydrogen-bond donors (Lipinski definition) is 0. The average Bonchev–Trinajstić information content (AvgIpc) is 3.72. The van der Waals surface area contributed by atoms with Crippen LogP contribution in [0.25, 0.3) is 61.5 Å². The first-order valence-electron chi connectivity index (χ1n) is 17.9. The molecule has 2 unspecified atom stereocenters. The van der Waals surface area contributed by atoms with Gasteiger partial charge in [0.1, 0.15) is 0 Å². The van der Waals surface area contributed by atoms with E-state index >= 15 is 0 Å². The van der Waals surface area contributed by atoms with Crippen LogP contribution in [0.15, 0.2) is 151 Å². The van der Waals surface area contributed by atoms with Gasteiger partial charge < -0.3 is 0 Å². The van der Waals surface area contributed by atoms with Crippen molar-refractivity contribution < 1.29 is 17.4 Å². The fraction of sp³-hybridized carbons (Fsp3) is 0.125. The molecule has 7 aromatic carbocycles. The summed E-state index contributed by atoms with van der Waals surface area (Å²) in [5, 5.41) is 5.32. The zero-order chi connectivity index (χ0) is 34.2. The Morgan fingerprint density at radius 3 is 1.79 bits per heavy atom. The van der Waals surface area contributed by atoms with Gasteiger partial charge >= 0.3 is 301 Å². The van der Waals surface area contributed by atoms with Crippen LogP contribution in [0.1, 0.15) is 47.6 Å². The van der Waals surface area contributed by atoms with E-state index in [1.165, 1.54) is 82.8 Å². The molecule has 0 fully saturated rings. The van der Waals surface area contributed by atoms with Crippen molar-refractivity contribution >= 4 is 71.0 Å². The SMILES string of the molecule is CC1=Cc2c(-c3ccccc3)ccc(C)c2[CH]1[Zr]([CH3])([CH3])(=[SiH2])[CH]1C(c2cccc3c2ccc2ccccc23)=Cc2c(-c3ccccc3)cccc21.Cl.Cl. The van der Waals surface area contributed by atoms with Crippen molar-refractivity contribution in [2.24, 2.45) is 0 Å². The first kappa shape index (κ1) is 36.6. The minimum Gasteiger partial charge on any atom is -0.147 e. The molecule has 2 atom stereocenters. The van der Waals surface area contributed by atoms with E-state index in [0.29, 0.717) is 7.25 Å². The zero-order valence-corrected chi connectivity index (χ0v) is 35.7. The van der Waals surface area contributed by atoms with Crippen molar-refractivity contribution in [3.8, 4) is 22.3 Å². The van der Waals surface area contributed by atoms with E-state index in [1.807, 2.05) is 0 Å². The molecule has 0 saturated carbocycles. The monoisotopic (exact) mass is 808 g/mol. The van der Waals surface area contributed by atoms with Crippen LogP contribution in [-0.4, -0.2) is 6.88 Å². The first-order valence-corrected chi connectivity index (χ1v) is 31.6. The van der Waals surface area contributed by atoms with Crippen LogP contribution in [-0.2, 0) is 17.4 Å². The molecule has 258 valence electrons. The molecule has 52 heavy (non-hydrogen) atoms. The smallest absolute Gasteiger partial charge is 0.147 e. The number of benzene rings is 7. The summed E-state index contributed by atoms with van der Waals surface area (Å²) in [5.74, 6) is 0. The third-order valence-electron chi connectivity index (χ3n) is 11.8. The third kappa shape index (κ3) is 5.66. The van der Waals surface area contributed by atoms with Gasteiger partial charge in [0, 0.05) is 0 Å². The van der Waals surface area contributed by atoms with Gasteiger partial charge in [-0.25, -0.2) is 0 Å². The van der Waals surface area contributed by atoms with E-state index in [9.17, 15) is 0 Å². The molecule has 0 N–H and O–H groups in total. The van der Waals surface area contributed by atoms with Gasteiger partial charge in [0.05, 0.1) is 0 Å². The van der Waals surface area contributed by atoms with E-state index in [0.717, 1.165) is 0 Å². The van der Waals surface area contributed by atoms with Gasteiger partial charge in [-0.15, -0.1) is 24.8 Å². The van der Waals surface area contributed by atoms with Gasteiger partial charge in [0.25, 0.3) is 0 Å². The third-order valence-corrected chi connectivity index (χ3v) is 29.4. The minimum absolute atomic E-state index is 0. The number of rotatable bonds is 5. The quantitative estimate of drug-likeness (QED) is 0.120. The number of allylic oxidation sites excluding steroid dienone is 2. The Morgan fingerprint density at radius 2 is 1.08 bits per heavy atom. The van der Waals surface area contributed by atoms with Gasteiger partial charge in [0.15, 0.2) is 0 Å². The standard InChI is InChI=1S/C29H19.C17H15.2CH3.2ClH.H2Si.Zr/c1-2-8-20(9-3-1)25-13-6-11-22-18-23(19-29(22)25)26-14-7-15-27-24-12-5-4-10-21(24)16-17-28(26)27;1-12-10-16-13(2)8-9-15(17(16)11-12)14-6-4-3-5-7-14;;;;;;/h1-19H;3-11H,1-2H3;2*1H3;2*1H;1H2;. The molecule has 0 aromatic heterocycles. The van der Waals surface area contributed by atoms with E-state index < -0.39 is 17.4 Å². The summed E-state index contributed by atoms with van der Waals surface area (Å²) >= 11 is -3.96. The summed E-state index contributed by atoms with van der Waals surface area (Å²) in [5.41, 5.74) is 17.1. The number of hydrogen-bond acceptors (Lipinski definition) is 0. The van der Waals surface area contributed by atoms with E-state index in [1.54, 1.807) is 5.56 Å². The van der Waals surface area contributed by atoms with Crippen molar-refractivity contribution in [2.45, 2.75) is 30.4 Å². The maximum absolute atomic E-state index is 3.96. The summed E-state index contributed by atoms with van der Waals surface area (Å²) in [4.78, 5) is 0. The largest absolute Gasteiger partial charge is 0.147 e. The van der Waals surface area contributed by atoms with E-state index in [-0.39, 0.29) is 24.8 Å². The van der Waals surface area contributed by atoms with Gasteiger partial charge in [-0.1, -0.05) is 0 Å². The molecule has 0 aliphatic heterocycles. The van der Waals surface area contributed by atoms with Crippen LogP contribution in [0.4, 0.5) is 0 Å². The summed E-state index contributed by atoms with van der Waals surface area (Å²) < 4.78 is 6.33. The van der Waals surface area contributed by atoms with Crippen LogP contribution in [0.5, 0.6) is 0 Å². The maximum atomic E-state index is 2.77. The molecule has 0 nitrogen and oxygen atoms in total. The van der Waals surface area contributed by atoms with Gasteiger partial charge in [0.2, 0.25) is 0 Å². The van der Waals surface area contributed by atoms with Crippen molar-refractivity contribution in [3.63, 3.8) is 0 Å². The Bertz CT molecular complexity index is 2650. The Morgan fingerprint density at radius 1 is 0.481 bits per heavy atom. The van der Waals surface area contributed by atoms with Crippen LogP contribution in [0, 0.1) is 6.92 Å². The molecule has 2 aliphatic rings. The summed E-state index contributed by atoms with van der Waals surface area (Å²) in [6, 6.07) is 54.4. The van der Waals surface area contributed by atoms with Crippen LogP contribution in [0.3, 0.4) is 0 Å². The molecule has 0 heterocycles. The molecule has 0 amide bonds.